The number of hydrogen-bond donors (Lipinski definition) is 0. The molecule has 1 aliphatic heterocycles. The lowest BCUT2D eigenvalue weighted by Crippen LogP contribution is -2.38. The molecule has 0 aliphatic carbocycles. The first-order valence-corrected chi connectivity index (χ1v) is 13.1. The summed E-state index contributed by atoms with van der Waals surface area (Å²) < 4.78 is 18.8. The second-order valence-corrected chi connectivity index (χ2v) is 9.47. The maximum atomic E-state index is 13.3. The minimum atomic E-state index is -0.330. The number of fused-ring (bicyclic) bond motifs is 1. The van der Waals surface area contributed by atoms with E-state index in [4.69, 9.17) is 4.74 Å². The number of carbonyl (C=O) groups excluding carboxylic acids is 2. The Bertz CT molecular complexity index is 1190. The van der Waals surface area contributed by atoms with Crippen LogP contribution in [0.1, 0.15) is 37.4 Å². The first-order chi connectivity index (χ1) is 18.5. The van der Waals surface area contributed by atoms with Crippen molar-refractivity contribution in [1.29, 1.82) is 0 Å². The van der Waals surface area contributed by atoms with Gasteiger partial charge in [-0.05, 0) is 60.9 Å². The molecule has 1 aliphatic rings. The summed E-state index contributed by atoms with van der Waals surface area (Å²) in [5.41, 5.74) is 2.79. The standard InChI is InChI=1S/C30H35FN4O3/c1-24(36)35-20-7-18-33(23-27-9-4-5-16-32-27)17-6-19-34(22-25-8-2-3-10-29(25)35)30(37)15-21-38-28-13-11-26(31)12-14-28/h2-5,8-14,16H,6-7,15,17-23H2,1H3. The number of benzene rings is 2. The summed E-state index contributed by atoms with van der Waals surface area (Å²) in [6.45, 7) is 5.74. The molecule has 0 atom stereocenters. The van der Waals surface area contributed by atoms with Crippen molar-refractivity contribution in [3.63, 3.8) is 0 Å². The number of aromatic nitrogens is 1. The van der Waals surface area contributed by atoms with Crippen LogP contribution in [0.4, 0.5) is 10.1 Å². The van der Waals surface area contributed by atoms with E-state index in [9.17, 15) is 14.0 Å². The van der Waals surface area contributed by atoms with Crippen LogP contribution in [0.5, 0.6) is 5.75 Å². The number of ether oxygens (including phenoxy) is 1. The fourth-order valence-corrected chi connectivity index (χ4v) is 4.73. The minimum Gasteiger partial charge on any atom is -0.493 e. The molecule has 200 valence electrons. The van der Waals surface area contributed by atoms with Gasteiger partial charge in [-0.25, -0.2) is 4.39 Å². The molecule has 0 bridgehead atoms. The predicted molar refractivity (Wildman–Crippen MR) is 145 cm³/mol. The number of amides is 2. The smallest absolute Gasteiger partial charge is 0.226 e. The zero-order valence-electron chi connectivity index (χ0n) is 21.9. The summed E-state index contributed by atoms with van der Waals surface area (Å²) in [5.74, 6) is 0.157. The van der Waals surface area contributed by atoms with Crippen LogP contribution in [-0.4, -0.2) is 59.4 Å². The van der Waals surface area contributed by atoms with Gasteiger partial charge in [-0.15, -0.1) is 0 Å². The summed E-state index contributed by atoms with van der Waals surface area (Å²) in [6, 6.07) is 19.5. The van der Waals surface area contributed by atoms with Gasteiger partial charge in [-0.3, -0.25) is 19.5 Å². The number of pyridine rings is 1. The van der Waals surface area contributed by atoms with Crippen LogP contribution in [0, 0.1) is 5.82 Å². The molecule has 0 saturated carbocycles. The number of para-hydroxylation sites is 1. The number of anilines is 1. The van der Waals surface area contributed by atoms with Crippen LogP contribution < -0.4 is 9.64 Å². The van der Waals surface area contributed by atoms with Gasteiger partial charge in [0.05, 0.1) is 18.7 Å². The van der Waals surface area contributed by atoms with Gasteiger partial charge in [0.2, 0.25) is 11.8 Å². The topological polar surface area (TPSA) is 66.0 Å². The highest BCUT2D eigenvalue weighted by atomic mass is 19.1. The highest BCUT2D eigenvalue weighted by Gasteiger charge is 2.21. The van der Waals surface area contributed by atoms with Crippen molar-refractivity contribution in [2.45, 2.75) is 39.3 Å². The minimum absolute atomic E-state index is 0.0173. The average Bonchev–Trinajstić information content (AvgIpc) is 2.91. The van der Waals surface area contributed by atoms with Gasteiger partial charge in [0.15, 0.2) is 0 Å². The molecule has 38 heavy (non-hydrogen) atoms. The quantitative estimate of drug-likeness (QED) is 0.475. The summed E-state index contributed by atoms with van der Waals surface area (Å²) in [6.07, 6.45) is 3.66. The molecule has 0 fully saturated rings. The van der Waals surface area contributed by atoms with Crippen LogP contribution in [0.3, 0.4) is 0 Å². The summed E-state index contributed by atoms with van der Waals surface area (Å²) >= 11 is 0. The van der Waals surface area contributed by atoms with Crippen molar-refractivity contribution in [3.8, 4) is 5.75 Å². The molecule has 0 N–H and O–H groups in total. The van der Waals surface area contributed by atoms with Crippen molar-refractivity contribution in [2.75, 3.05) is 37.7 Å². The summed E-state index contributed by atoms with van der Waals surface area (Å²) in [5, 5.41) is 0. The van der Waals surface area contributed by atoms with Gasteiger partial charge in [0, 0.05) is 58.1 Å². The van der Waals surface area contributed by atoms with E-state index in [0.717, 1.165) is 49.4 Å². The van der Waals surface area contributed by atoms with Gasteiger partial charge >= 0.3 is 0 Å². The Morgan fingerprint density at radius 2 is 1.66 bits per heavy atom. The zero-order chi connectivity index (χ0) is 26.7. The Morgan fingerprint density at radius 3 is 2.39 bits per heavy atom. The van der Waals surface area contributed by atoms with Crippen molar-refractivity contribution < 1.29 is 18.7 Å². The third-order valence-corrected chi connectivity index (χ3v) is 6.64. The largest absolute Gasteiger partial charge is 0.493 e. The molecule has 4 rings (SSSR count). The van der Waals surface area contributed by atoms with Crippen molar-refractivity contribution in [3.05, 3.63) is 90.0 Å². The molecule has 2 heterocycles. The molecule has 7 nitrogen and oxygen atoms in total. The second kappa shape index (κ2) is 13.7. The first kappa shape index (κ1) is 27.3. The Hall–Kier alpha value is -3.78. The number of hydrogen-bond acceptors (Lipinski definition) is 5. The monoisotopic (exact) mass is 518 g/mol. The summed E-state index contributed by atoms with van der Waals surface area (Å²) in [4.78, 5) is 36.5. The van der Waals surface area contributed by atoms with E-state index in [-0.39, 0.29) is 30.7 Å². The third-order valence-electron chi connectivity index (χ3n) is 6.64. The van der Waals surface area contributed by atoms with Gasteiger partial charge in [0.1, 0.15) is 11.6 Å². The molecule has 0 spiro atoms. The van der Waals surface area contributed by atoms with Crippen LogP contribution in [0.2, 0.25) is 0 Å². The van der Waals surface area contributed by atoms with Crippen molar-refractivity contribution in [1.82, 2.24) is 14.8 Å². The molecule has 0 saturated heterocycles. The molecule has 2 aromatic carbocycles. The third kappa shape index (κ3) is 7.86. The fourth-order valence-electron chi connectivity index (χ4n) is 4.73. The van der Waals surface area contributed by atoms with E-state index in [1.807, 2.05) is 52.3 Å². The molecule has 8 heteroatoms. The number of nitrogens with zero attached hydrogens (tertiary/aromatic N) is 4. The molecule has 0 unspecified atom stereocenters. The van der Waals surface area contributed by atoms with Crippen molar-refractivity contribution in [2.24, 2.45) is 0 Å². The van der Waals surface area contributed by atoms with E-state index < -0.39 is 0 Å². The molecular weight excluding hydrogens is 483 g/mol. The van der Waals surface area contributed by atoms with Crippen LogP contribution in [0.15, 0.2) is 72.9 Å². The second-order valence-electron chi connectivity index (χ2n) is 9.47. The first-order valence-electron chi connectivity index (χ1n) is 13.1. The predicted octanol–water partition coefficient (Wildman–Crippen LogP) is 4.67. The number of carbonyl (C=O) groups is 2. The van der Waals surface area contributed by atoms with Crippen LogP contribution in [0.25, 0.3) is 0 Å². The van der Waals surface area contributed by atoms with Gasteiger partial charge in [0.25, 0.3) is 0 Å². The molecular formula is C30H35FN4O3. The van der Waals surface area contributed by atoms with Crippen LogP contribution in [-0.2, 0) is 22.7 Å². The van der Waals surface area contributed by atoms with Crippen molar-refractivity contribution >= 4 is 17.5 Å². The highest BCUT2D eigenvalue weighted by Crippen LogP contribution is 2.24. The normalized spacial score (nSPS) is 15.2. The fraction of sp³-hybridized carbons (Fsp3) is 0.367. The van der Waals surface area contributed by atoms with E-state index in [1.165, 1.54) is 12.1 Å². The molecule has 3 aromatic rings. The van der Waals surface area contributed by atoms with E-state index >= 15 is 0 Å². The van der Waals surface area contributed by atoms with Gasteiger partial charge in [-0.1, -0.05) is 24.3 Å². The average molecular weight is 519 g/mol. The molecule has 1 aromatic heterocycles. The number of rotatable bonds is 6. The summed E-state index contributed by atoms with van der Waals surface area (Å²) in [7, 11) is 0. The lowest BCUT2D eigenvalue weighted by molar-refractivity contribution is -0.132. The Balaban J connectivity index is 1.50. The highest BCUT2D eigenvalue weighted by molar-refractivity contribution is 5.92. The zero-order valence-corrected chi connectivity index (χ0v) is 21.9. The molecule has 2 amide bonds. The Labute approximate surface area is 223 Å². The number of halogens is 1. The molecule has 0 radical (unpaired) electrons. The maximum absolute atomic E-state index is 13.3. The Kier molecular flexibility index (Phi) is 9.81. The lowest BCUT2D eigenvalue weighted by atomic mass is 10.1. The van der Waals surface area contributed by atoms with E-state index in [1.54, 1.807) is 25.3 Å². The lowest BCUT2D eigenvalue weighted by Gasteiger charge is -2.31. The van der Waals surface area contributed by atoms with Gasteiger partial charge < -0.3 is 14.5 Å². The van der Waals surface area contributed by atoms with E-state index in [0.29, 0.717) is 25.4 Å². The maximum Gasteiger partial charge on any atom is 0.226 e. The SMILES string of the molecule is CC(=O)N1CCCN(Cc2ccccn2)CCCN(C(=O)CCOc2ccc(F)cc2)Cc2ccccc21. The van der Waals surface area contributed by atoms with Crippen LogP contribution >= 0.6 is 0 Å². The van der Waals surface area contributed by atoms with E-state index in [2.05, 4.69) is 9.88 Å². The van der Waals surface area contributed by atoms with Gasteiger partial charge in [-0.2, -0.15) is 0 Å². The Morgan fingerprint density at radius 1 is 0.921 bits per heavy atom.